The summed E-state index contributed by atoms with van der Waals surface area (Å²) in [6, 6.07) is 5.02. The smallest absolute Gasteiger partial charge is 0.338 e. The number of aromatic carboxylic acids is 1. The Morgan fingerprint density at radius 1 is 1.29 bits per heavy atom. The van der Waals surface area contributed by atoms with Crippen LogP contribution >= 0.6 is 27.7 Å². The number of carboxylic acid groups (broad SMARTS) is 1. The number of carboxylic acids is 1. The van der Waals surface area contributed by atoms with Crippen LogP contribution in [0.2, 0.25) is 0 Å². The van der Waals surface area contributed by atoms with Crippen molar-refractivity contribution in [3.8, 4) is 0 Å². The van der Waals surface area contributed by atoms with Crippen LogP contribution in [0.4, 0.5) is 0 Å². The fourth-order valence-corrected chi connectivity index (χ4v) is 2.41. The van der Waals surface area contributed by atoms with Crippen molar-refractivity contribution < 1.29 is 9.90 Å². The Morgan fingerprint density at radius 3 is 2.82 bits per heavy atom. The van der Waals surface area contributed by atoms with Gasteiger partial charge in [-0.15, -0.1) is 5.10 Å². The van der Waals surface area contributed by atoms with Crippen LogP contribution in [0, 0.1) is 0 Å². The Balaban J connectivity index is 2.37. The molecule has 7 heteroatoms. The van der Waals surface area contributed by atoms with E-state index in [0.717, 1.165) is 16.2 Å². The van der Waals surface area contributed by atoms with Crippen LogP contribution in [0.15, 0.2) is 45.1 Å². The first-order valence-corrected chi connectivity index (χ1v) is 6.13. The molecule has 0 amide bonds. The van der Waals surface area contributed by atoms with Crippen molar-refractivity contribution in [2.24, 2.45) is 0 Å². The van der Waals surface area contributed by atoms with E-state index in [4.69, 9.17) is 5.11 Å². The average Bonchev–Trinajstić information content (AvgIpc) is 2.32. The molecule has 0 radical (unpaired) electrons. The normalized spacial score (nSPS) is 10.2. The largest absolute Gasteiger partial charge is 0.478 e. The summed E-state index contributed by atoms with van der Waals surface area (Å²) in [6.45, 7) is 0. The maximum Gasteiger partial charge on any atom is 0.338 e. The van der Waals surface area contributed by atoms with Gasteiger partial charge in [-0.25, -0.2) is 9.78 Å². The van der Waals surface area contributed by atoms with Crippen molar-refractivity contribution in [3.63, 3.8) is 0 Å². The molecule has 0 aromatic carbocycles. The summed E-state index contributed by atoms with van der Waals surface area (Å²) < 4.78 is 0.784. The third-order valence-electron chi connectivity index (χ3n) is 1.84. The van der Waals surface area contributed by atoms with Gasteiger partial charge in [-0.2, -0.15) is 5.10 Å². The van der Waals surface area contributed by atoms with Crippen LogP contribution in [-0.2, 0) is 0 Å². The molecule has 2 aromatic heterocycles. The zero-order valence-corrected chi connectivity index (χ0v) is 10.8. The Labute approximate surface area is 109 Å². The number of halogens is 1. The average molecular weight is 312 g/mol. The molecular formula is C10H6BrN3O2S. The van der Waals surface area contributed by atoms with Crippen LogP contribution in [0.25, 0.3) is 0 Å². The summed E-state index contributed by atoms with van der Waals surface area (Å²) in [7, 11) is 0. The molecule has 0 aliphatic carbocycles. The lowest BCUT2D eigenvalue weighted by atomic mass is 10.3. The predicted molar refractivity (Wildman–Crippen MR) is 65.1 cm³/mol. The van der Waals surface area contributed by atoms with Gasteiger partial charge in [0.1, 0.15) is 10.1 Å². The molecule has 0 fully saturated rings. The maximum atomic E-state index is 11.0. The van der Waals surface area contributed by atoms with Gasteiger partial charge >= 0.3 is 5.97 Å². The number of pyridine rings is 1. The monoisotopic (exact) mass is 311 g/mol. The van der Waals surface area contributed by atoms with Gasteiger partial charge in [0.15, 0.2) is 0 Å². The number of aromatic nitrogens is 3. The highest BCUT2D eigenvalue weighted by Crippen LogP contribution is 2.31. The molecule has 2 heterocycles. The van der Waals surface area contributed by atoms with E-state index in [1.54, 1.807) is 12.3 Å². The molecule has 0 aliphatic rings. The van der Waals surface area contributed by atoms with Crippen LogP contribution < -0.4 is 0 Å². The van der Waals surface area contributed by atoms with Crippen molar-refractivity contribution in [1.82, 2.24) is 15.2 Å². The SMILES string of the molecule is O=C(O)c1ccnnc1Sc1ncccc1Br. The van der Waals surface area contributed by atoms with Crippen molar-refractivity contribution in [2.75, 3.05) is 0 Å². The van der Waals surface area contributed by atoms with Gasteiger partial charge in [-0.1, -0.05) is 0 Å². The highest BCUT2D eigenvalue weighted by Gasteiger charge is 2.14. The molecule has 0 unspecified atom stereocenters. The first kappa shape index (κ1) is 12.0. The lowest BCUT2D eigenvalue weighted by Crippen LogP contribution is -2.01. The van der Waals surface area contributed by atoms with E-state index >= 15 is 0 Å². The molecule has 5 nitrogen and oxygen atoms in total. The molecule has 2 rings (SSSR count). The summed E-state index contributed by atoms with van der Waals surface area (Å²) in [5.41, 5.74) is 0.113. The minimum absolute atomic E-state index is 0.113. The summed E-state index contributed by atoms with van der Waals surface area (Å²) in [4.78, 5) is 15.1. The second-order valence-corrected chi connectivity index (χ2v) is 4.78. The number of hydrogen-bond donors (Lipinski definition) is 1. The van der Waals surface area contributed by atoms with Crippen molar-refractivity contribution in [3.05, 3.63) is 40.6 Å². The topological polar surface area (TPSA) is 76.0 Å². The quantitative estimate of drug-likeness (QED) is 0.938. The lowest BCUT2D eigenvalue weighted by molar-refractivity contribution is 0.0692. The standard InChI is InChI=1S/C10H6BrN3O2S/c11-7-2-1-4-12-9(7)17-8-6(10(15)16)3-5-13-14-8/h1-5H,(H,15,16). The summed E-state index contributed by atoms with van der Waals surface area (Å²) in [5.74, 6) is -1.03. The van der Waals surface area contributed by atoms with Gasteiger partial charge in [-0.05, 0) is 45.9 Å². The van der Waals surface area contributed by atoms with Crippen LogP contribution in [-0.4, -0.2) is 26.3 Å². The third-order valence-corrected chi connectivity index (χ3v) is 3.75. The van der Waals surface area contributed by atoms with E-state index in [1.807, 2.05) is 6.07 Å². The highest BCUT2D eigenvalue weighted by atomic mass is 79.9. The molecule has 86 valence electrons. The summed E-state index contributed by atoms with van der Waals surface area (Å²) in [6.07, 6.45) is 2.98. The molecule has 0 spiro atoms. The van der Waals surface area contributed by atoms with Crippen molar-refractivity contribution >= 4 is 33.7 Å². The molecular weight excluding hydrogens is 306 g/mol. The summed E-state index contributed by atoms with van der Waals surface area (Å²) >= 11 is 4.49. The Morgan fingerprint density at radius 2 is 2.12 bits per heavy atom. The molecule has 0 saturated carbocycles. The second kappa shape index (κ2) is 5.24. The van der Waals surface area contributed by atoms with Crippen LogP contribution in [0.5, 0.6) is 0 Å². The first-order valence-electron chi connectivity index (χ1n) is 4.52. The van der Waals surface area contributed by atoms with Gasteiger partial charge in [0.25, 0.3) is 0 Å². The Kier molecular flexibility index (Phi) is 3.70. The minimum Gasteiger partial charge on any atom is -0.478 e. The molecule has 0 atom stereocenters. The molecule has 17 heavy (non-hydrogen) atoms. The highest BCUT2D eigenvalue weighted by molar-refractivity contribution is 9.10. The molecule has 0 bridgehead atoms. The maximum absolute atomic E-state index is 11.0. The third kappa shape index (κ3) is 2.80. The fourth-order valence-electron chi connectivity index (χ4n) is 1.09. The van der Waals surface area contributed by atoms with E-state index < -0.39 is 5.97 Å². The summed E-state index contributed by atoms with van der Waals surface area (Å²) in [5, 5.41) is 17.5. The minimum atomic E-state index is -1.03. The van der Waals surface area contributed by atoms with Crippen LogP contribution in [0.1, 0.15) is 10.4 Å². The van der Waals surface area contributed by atoms with E-state index in [0.29, 0.717) is 10.1 Å². The zero-order chi connectivity index (χ0) is 12.3. The van der Waals surface area contributed by atoms with Gasteiger partial charge in [0, 0.05) is 6.20 Å². The van der Waals surface area contributed by atoms with E-state index in [9.17, 15) is 4.79 Å². The fraction of sp³-hybridized carbons (Fsp3) is 0. The second-order valence-electron chi connectivity index (χ2n) is 2.95. The predicted octanol–water partition coefficient (Wildman–Crippen LogP) is 2.48. The van der Waals surface area contributed by atoms with E-state index in [-0.39, 0.29) is 5.56 Å². The van der Waals surface area contributed by atoms with Gasteiger partial charge in [0.2, 0.25) is 0 Å². The Bertz CT molecular complexity index is 565. The van der Waals surface area contributed by atoms with E-state index in [1.165, 1.54) is 12.3 Å². The molecule has 2 aromatic rings. The Hall–Kier alpha value is -1.47. The molecule has 0 saturated heterocycles. The van der Waals surface area contributed by atoms with Crippen LogP contribution in [0.3, 0.4) is 0 Å². The van der Waals surface area contributed by atoms with Gasteiger partial charge in [0.05, 0.1) is 16.2 Å². The molecule has 0 aliphatic heterocycles. The number of hydrogen-bond acceptors (Lipinski definition) is 5. The number of nitrogens with zero attached hydrogens (tertiary/aromatic N) is 3. The van der Waals surface area contributed by atoms with Crippen molar-refractivity contribution in [1.29, 1.82) is 0 Å². The van der Waals surface area contributed by atoms with E-state index in [2.05, 4.69) is 31.1 Å². The zero-order valence-electron chi connectivity index (χ0n) is 8.37. The number of carbonyl (C=O) groups is 1. The van der Waals surface area contributed by atoms with Gasteiger partial charge < -0.3 is 5.11 Å². The lowest BCUT2D eigenvalue weighted by Gasteiger charge is -2.03. The number of rotatable bonds is 3. The van der Waals surface area contributed by atoms with Gasteiger partial charge in [-0.3, -0.25) is 0 Å². The molecule has 1 N–H and O–H groups in total. The first-order chi connectivity index (χ1) is 8.18. The van der Waals surface area contributed by atoms with Crippen molar-refractivity contribution in [2.45, 2.75) is 10.1 Å².